The molecule has 1 atom stereocenters. The molecule has 0 N–H and O–H groups in total. The predicted octanol–water partition coefficient (Wildman–Crippen LogP) is 8.84. The van der Waals surface area contributed by atoms with Crippen LogP contribution in [0.1, 0.15) is 98.6 Å². The first kappa shape index (κ1) is 43.9. The van der Waals surface area contributed by atoms with Gasteiger partial charge < -0.3 is 27.8 Å². The summed E-state index contributed by atoms with van der Waals surface area (Å²) in [7, 11) is 0. The minimum absolute atomic E-state index is 0.0872. The van der Waals surface area contributed by atoms with Gasteiger partial charge in [-0.1, -0.05) is 88.4 Å². The Morgan fingerprint density at radius 1 is 0.590 bits per heavy atom. The van der Waals surface area contributed by atoms with Crippen LogP contribution in [0.2, 0.25) is 0 Å². The van der Waals surface area contributed by atoms with Crippen molar-refractivity contribution in [2.24, 2.45) is 0 Å². The van der Waals surface area contributed by atoms with E-state index in [4.69, 9.17) is 27.8 Å². The first-order valence-electron chi connectivity index (χ1n) is 20.4. The van der Waals surface area contributed by atoms with Crippen molar-refractivity contribution in [2.75, 3.05) is 13.2 Å². The minimum atomic E-state index is -1.20. The van der Waals surface area contributed by atoms with Crippen LogP contribution in [-0.4, -0.2) is 53.8 Å². The van der Waals surface area contributed by atoms with Crippen LogP contribution in [0.3, 0.4) is 0 Å². The fraction of sp³-hybridized carbons (Fsp3) is 0.306. The smallest absolute Gasteiger partial charge is 0.347 e. The lowest BCUT2D eigenvalue weighted by Crippen LogP contribution is -2.47. The van der Waals surface area contributed by atoms with E-state index >= 15 is 0 Å². The Balaban J connectivity index is 1.06. The van der Waals surface area contributed by atoms with Crippen LogP contribution in [0.25, 0.3) is 21.9 Å². The molecule has 0 bridgehead atoms. The summed E-state index contributed by atoms with van der Waals surface area (Å²) >= 11 is 0. The number of rotatable bonds is 20. The van der Waals surface area contributed by atoms with E-state index in [0.717, 1.165) is 0 Å². The van der Waals surface area contributed by atoms with Crippen molar-refractivity contribution in [1.29, 1.82) is 0 Å². The second kappa shape index (κ2) is 19.2. The first-order valence-corrected chi connectivity index (χ1v) is 20.4. The van der Waals surface area contributed by atoms with Gasteiger partial charge in [-0.25, -0.2) is 14.4 Å². The van der Waals surface area contributed by atoms with Crippen LogP contribution in [-0.2, 0) is 19.1 Å². The highest BCUT2D eigenvalue weighted by Crippen LogP contribution is 2.33. The van der Waals surface area contributed by atoms with Crippen LogP contribution >= 0.6 is 0 Å². The van der Waals surface area contributed by atoms with Gasteiger partial charge >= 0.3 is 17.2 Å². The van der Waals surface area contributed by atoms with Gasteiger partial charge in [-0.2, -0.15) is 0 Å². The van der Waals surface area contributed by atoms with E-state index in [2.05, 4.69) is 0 Å². The van der Waals surface area contributed by atoms with Gasteiger partial charge in [0.25, 0.3) is 0 Å². The van der Waals surface area contributed by atoms with Gasteiger partial charge in [0, 0.05) is 40.5 Å². The number of hydrogen-bond acceptors (Lipinski definition) is 12. The average molecular weight is 829 g/mol. The summed E-state index contributed by atoms with van der Waals surface area (Å²) in [6.07, 6.45) is 1.44. The predicted molar refractivity (Wildman–Crippen MR) is 229 cm³/mol. The van der Waals surface area contributed by atoms with E-state index in [1.54, 1.807) is 84.9 Å². The zero-order valence-corrected chi connectivity index (χ0v) is 34.8. The number of Topliss-reactive ketones (excluding diaryl/α,β-unsaturated/α-hetero) is 1. The molecule has 0 saturated carbocycles. The van der Waals surface area contributed by atoms with Crippen molar-refractivity contribution in [3.63, 3.8) is 0 Å². The summed E-state index contributed by atoms with van der Waals surface area (Å²) in [6.45, 7) is 8.63. The van der Waals surface area contributed by atoms with Crippen molar-refractivity contribution < 1.29 is 47.0 Å². The molecular formula is C49H48O12. The van der Waals surface area contributed by atoms with Gasteiger partial charge in [-0.15, -0.1) is 0 Å². The molecule has 0 radical (unpaired) electrons. The Morgan fingerprint density at radius 3 is 1.49 bits per heavy atom. The third-order valence-electron chi connectivity index (χ3n) is 11.1. The van der Waals surface area contributed by atoms with Crippen LogP contribution in [0.15, 0.2) is 128 Å². The maximum Gasteiger partial charge on any atom is 0.347 e. The second-order valence-electron chi connectivity index (χ2n) is 14.9. The number of carbonyl (C=O) groups excluding carboxylic acids is 4. The molecule has 0 fully saturated rings. The molecule has 0 saturated heterocycles. The van der Waals surface area contributed by atoms with Gasteiger partial charge in [0.05, 0.1) is 6.10 Å². The van der Waals surface area contributed by atoms with Crippen LogP contribution < -0.4 is 20.7 Å². The standard InChI is InChI=1S/C49H48O12/c1-6-48(7-2,61-43(51)30-57-37-23-21-35-25-39(47(55)59-41(35)27-37)45(53)33-18-14-11-15-19-33)28-31(5)60-49(8-3,9-4)42(50)29-56-36-22-20-34-24-38(46(54)58-40(34)26-36)44(52)32-16-12-10-13-17-32/h10-27,31H,6-9,28-30H2,1-5H3. The number of carbonyl (C=O) groups is 4. The molecule has 316 valence electrons. The largest absolute Gasteiger partial charge is 0.486 e. The molecule has 6 aromatic rings. The topological polar surface area (TPSA) is 166 Å². The van der Waals surface area contributed by atoms with E-state index in [1.165, 1.54) is 24.3 Å². The minimum Gasteiger partial charge on any atom is -0.486 e. The number of esters is 1. The Bertz CT molecular complexity index is 2650. The number of fused-ring (bicyclic) bond motifs is 2. The molecule has 0 spiro atoms. The number of hydrogen-bond donors (Lipinski definition) is 0. The molecule has 12 heteroatoms. The van der Waals surface area contributed by atoms with Gasteiger partial charge in [0.2, 0.25) is 5.78 Å². The Hall–Kier alpha value is -6.66. The molecule has 6 rings (SSSR count). The number of ether oxygens (including phenoxy) is 4. The van der Waals surface area contributed by atoms with Crippen molar-refractivity contribution in [1.82, 2.24) is 0 Å². The van der Waals surface area contributed by atoms with Crippen molar-refractivity contribution in [3.8, 4) is 11.5 Å². The molecule has 4 aromatic carbocycles. The number of benzene rings is 4. The van der Waals surface area contributed by atoms with Crippen molar-refractivity contribution in [3.05, 3.63) is 152 Å². The van der Waals surface area contributed by atoms with E-state index in [-0.39, 0.29) is 40.4 Å². The third-order valence-corrected chi connectivity index (χ3v) is 11.1. The summed E-state index contributed by atoms with van der Waals surface area (Å²) in [5.74, 6) is -1.24. The second-order valence-corrected chi connectivity index (χ2v) is 14.9. The molecule has 0 aliphatic carbocycles. The van der Waals surface area contributed by atoms with Crippen LogP contribution in [0.5, 0.6) is 11.5 Å². The summed E-state index contributed by atoms with van der Waals surface area (Å²) in [5.41, 5.74) is -2.74. The fourth-order valence-electron chi connectivity index (χ4n) is 7.41. The first-order chi connectivity index (χ1) is 29.3. The highest BCUT2D eigenvalue weighted by Gasteiger charge is 2.41. The molecule has 1 unspecified atom stereocenters. The average Bonchev–Trinajstić information content (AvgIpc) is 3.28. The van der Waals surface area contributed by atoms with Crippen LogP contribution in [0.4, 0.5) is 0 Å². The normalized spacial score (nSPS) is 12.2. The molecule has 2 heterocycles. The van der Waals surface area contributed by atoms with Gasteiger partial charge in [0.15, 0.2) is 18.2 Å². The van der Waals surface area contributed by atoms with Crippen molar-refractivity contribution >= 4 is 45.3 Å². The molecule has 2 aromatic heterocycles. The number of ketones is 3. The lowest BCUT2D eigenvalue weighted by Gasteiger charge is -2.38. The Morgan fingerprint density at radius 2 is 1.05 bits per heavy atom. The SMILES string of the molecule is CCC(CC)(CC(C)OC(CC)(CC)C(=O)COc1ccc2cc(C(=O)c3ccccc3)c(=O)oc2c1)OC(=O)COc1ccc2cc(C(=O)c3ccccc3)c(=O)oc2c1. The Kier molecular flexibility index (Phi) is 13.8. The summed E-state index contributed by atoms with van der Waals surface area (Å²) in [4.78, 5) is 78.4. The maximum absolute atomic E-state index is 13.8. The van der Waals surface area contributed by atoms with E-state index in [1.807, 2.05) is 34.6 Å². The maximum atomic E-state index is 13.8. The van der Waals surface area contributed by atoms with Gasteiger partial charge in [-0.3, -0.25) is 14.4 Å². The highest BCUT2D eigenvalue weighted by molar-refractivity contribution is 6.10. The Labute approximate surface area is 352 Å². The molecule has 12 nitrogen and oxygen atoms in total. The summed E-state index contributed by atoms with van der Waals surface area (Å²) in [6, 6.07) is 29.4. The van der Waals surface area contributed by atoms with E-state index < -0.39 is 52.7 Å². The van der Waals surface area contributed by atoms with Gasteiger partial charge in [-0.05, 0) is 69.0 Å². The van der Waals surface area contributed by atoms with E-state index in [0.29, 0.717) is 59.8 Å². The lowest BCUT2D eigenvalue weighted by atomic mass is 9.88. The summed E-state index contributed by atoms with van der Waals surface area (Å²) < 4.78 is 35.1. The van der Waals surface area contributed by atoms with Crippen LogP contribution in [0, 0.1) is 0 Å². The molecule has 0 amide bonds. The van der Waals surface area contributed by atoms with Gasteiger partial charge in [0.1, 0.15) is 51.6 Å². The zero-order valence-electron chi connectivity index (χ0n) is 34.8. The zero-order chi connectivity index (χ0) is 43.7. The molecular weight excluding hydrogens is 781 g/mol. The van der Waals surface area contributed by atoms with Crippen molar-refractivity contribution in [2.45, 2.75) is 84.0 Å². The monoisotopic (exact) mass is 828 g/mol. The fourth-order valence-corrected chi connectivity index (χ4v) is 7.41. The van der Waals surface area contributed by atoms with E-state index in [9.17, 15) is 28.8 Å². The molecule has 0 aliphatic heterocycles. The third kappa shape index (κ3) is 10.0. The molecule has 0 aliphatic rings. The highest BCUT2D eigenvalue weighted by atomic mass is 16.6. The quantitative estimate of drug-likeness (QED) is 0.0408. The summed E-state index contributed by atoms with van der Waals surface area (Å²) in [5, 5.41) is 1.03. The molecule has 61 heavy (non-hydrogen) atoms. The lowest BCUT2D eigenvalue weighted by molar-refractivity contribution is -0.176.